The van der Waals surface area contributed by atoms with E-state index in [9.17, 15) is 35.4 Å². The SMILES string of the molecule is C[C@H](CO)[C@H](C)C[C@H](O)[C@@](C)(O)[C@H]1CC[C@@]2(O)C3=CC(=O)[C@@H]4C[C@@H](O)[C@@H](O)C[C@]4(C)[C@H]3CC[C@]12C. The van der Waals surface area contributed by atoms with Crippen molar-refractivity contribution in [1.82, 2.24) is 0 Å². The molecule has 0 spiro atoms. The third kappa shape index (κ3) is 3.88. The Hall–Kier alpha value is -0.830. The van der Waals surface area contributed by atoms with Crippen LogP contribution in [-0.2, 0) is 4.79 Å². The maximum Gasteiger partial charge on any atom is 0.159 e. The van der Waals surface area contributed by atoms with Crippen molar-refractivity contribution in [3.8, 4) is 0 Å². The van der Waals surface area contributed by atoms with Crippen molar-refractivity contribution in [2.45, 2.75) is 109 Å². The fourth-order valence-electron chi connectivity index (χ4n) is 8.54. The van der Waals surface area contributed by atoms with Crippen LogP contribution in [0.25, 0.3) is 0 Å². The minimum absolute atomic E-state index is 0.00319. The van der Waals surface area contributed by atoms with Crippen molar-refractivity contribution in [2.24, 2.45) is 40.4 Å². The van der Waals surface area contributed by atoms with Crippen LogP contribution in [0.2, 0.25) is 0 Å². The molecule has 200 valence electrons. The van der Waals surface area contributed by atoms with Gasteiger partial charge < -0.3 is 30.6 Å². The van der Waals surface area contributed by atoms with Gasteiger partial charge in [-0.1, -0.05) is 27.7 Å². The van der Waals surface area contributed by atoms with Gasteiger partial charge in [-0.15, -0.1) is 0 Å². The largest absolute Gasteiger partial charge is 0.396 e. The zero-order valence-electron chi connectivity index (χ0n) is 21.9. The minimum Gasteiger partial charge on any atom is -0.396 e. The van der Waals surface area contributed by atoms with E-state index < -0.39 is 40.3 Å². The molecular weight excluding hydrogens is 448 g/mol. The predicted octanol–water partition coefficient (Wildman–Crippen LogP) is 1.96. The number of aliphatic hydroxyl groups excluding tert-OH is 4. The summed E-state index contributed by atoms with van der Waals surface area (Å²) in [4.78, 5) is 13.3. The Morgan fingerprint density at radius 2 is 1.74 bits per heavy atom. The molecule has 3 saturated carbocycles. The lowest BCUT2D eigenvalue weighted by Gasteiger charge is -2.60. The Bertz CT molecular complexity index is 869. The summed E-state index contributed by atoms with van der Waals surface area (Å²) in [6.45, 7) is 9.57. The second kappa shape index (κ2) is 8.88. The molecule has 4 aliphatic carbocycles. The molecule has 0 unspecified atom stereocenters. The van der Waals surface area contributed by atoms with Gasteiger partial charge in [0.2, 0.25) is 0 Å². The summed E-state index contributed by atoms with van der Waals surface area (Å²) >= 11 is 0. The number of ketones is 1. The van der Waals surface area contributed by atoms with Crippen LogP contribution >= 0.6 is 0 Å². The smallest absolute Gasteiger partial charge is 0.159 e. The Morgan fingerprint density at radius 3 is 2.37 bits per heavy atom. The molecular formula is C28H46O7. The summed E-state index contributed by atoms with van der Waals surface area (Å²) in [5.74, 6) is -0.890. The van der Waals surface area contributed by atoms with Crippen LogP contribution in [0, 0.1) is 40.4 Å². The van der Waals surface area contributed by atoms with E-state index in [0.717, 1.165) is 0 Å². The van der Waals surface area contributed by atoms with Crippen molar-refractivity contribution < 1.29 is 35.4 Å². The van der Waals surface area contributed by atoms with Crippen molar-refractivity contribution in [3.63, 3.8) is 0 Å². The van der Waals surface area contributed by atoms with Gasteiger partial charge in [-0.25, -0.2) is 0 Å². The van der Waals surface area contributed by atoms with Gasteiger partial charge in [-0.05, 0) is 92.6 Å². The normalized spacial score (nSPS) is 47.6. The van der Waals surface area contributed by atoms with Gasteiger partial charge in [0.05, 0.1) is 29.5 Å². The van der Waals surface area contributed by atoms with E-state index in [1.54, 1.807) is 13.0 Å². The Balaban J connectivity index is 1.66. The van der Waals surface area contributed by atoms with E-state index in [1.807, 2.05) is 27.7 Å². The molecule has 0 aliphatic heterocycles. The Kier molecular flexibility index (Phi) is 6.91. The van der Waals surface area contributed by atoms with Gasteiger partial charge >= 0.3 is 0 Å². The van der Waals surface area contributed by atoms with Crippen molar-refractivity contribution in [3.05, 3.63) is 11.6 Å². The zero-order valence-corrected chi connectivity index (χ0v) is 21.9. The van der Waals surface area contributed by atoms with Crippen LogP contribution in [0.15, 0.2) is 11.6 Å². The summed E-state index contributed by atoms with van der Waals surface area (Å²) in [6.07, 6.45) is 2.00. The summed E-state index contributed by atoms with van der Waals surface area (Å²) < 4.78 is 0. The summed E-state index contributed by atoms with van der Waals surface area (Å²) in [5.41, 5.74) is -3.26. The maximum atomic E-state index is 13.3. The summed E-state index contributed by atoms with van der Waals surface area (Å²) in [6, 6.07) is 0. The number of hydrogen-bond donors (Lipinski definition) is 6. The predicted molar refractivity (Wildman–Crippen MR) is 131 cm³/mol. The highest BCUT2D eigenvalue weighted by atomic mass is 16.3. The lowest BCUT2D eigenvalue weighted by Crippen LogP contribution is -2.63. The van der Waals surface area contributed by atoms with Crippen LogP contribution in [0.1, 0.15) is 79.6 Å². The molecule has 0 aromatic rings. The van der Waals surface area contributed by atoms with Gasteiger partial charge in [0.15, 0.2) is 5.78 Å². The molecule has 7 heteroatoms. The zero-order chi connectivity index (χ0) is 26.1. The molecule has 0 amide bonds. The van der Waals surface area contributed by atoms with E-state index in [2.05, 4.69) is 0 Å². The molecule has 0 aromatic carbocycles. The lowest BCUT2D eigenvalue weighted by molar-refractivity contribution is -0.177. The number of carbonyl (C=O) groups is 1. The molecule has 7 nitrogen and oxygen atoms in total. The van der Waals surface area contributed by atoms with Gasteiger partial charge in [0.25, 0.3) is 0 Å². The molecule has 6 N–H and O–H groups in total. The Labute approximate surface area is 209 Å². The van der Waals surface area contributed by atoms with Crippen molar-refractivity contribution in [1.29, 1.82) is 0 Å². The Morgan fingerprint density at radius 1 is 1.09 bits per heavy atom. The monoisotopic (exact) mass is 494 g/mol. The first-order valence-electron chi connectivity index (χ1n) is 13.5. The highest BCUT2D eigenvalue weighted by Crippen LogP contribution is 2.68. The second-order valence-corrected chi connectivity index (χ2v) is 13.2. The summed E-state index contributed by atoms with van der Waals surface area (Å²) in [5, 5.41) is 65.3. The fraction of sp³-hybridized carbons (Fsp3) is 0.893. The molecule has 0 saturated heterocycles. The van der Waals surface area contributed by atoms with Gasteiger partial charge in [-0.2, -0.15) is 0 Å². The second-order valence-electron chi connectivity index (χ2n) is 13.2. The van der Waals surface area contributed by atoms with Gasteiger partial charge in [-0.3, -0.25) is 4.79 Å². The molecule has 4 aliphatic rings. The minimum atomic E-state index is -1.44. The van der Waals surface area contributed by atoms with E-state index in [4.69, 9.17) is 0 Å². The molecule has 0 aromatic heterocycles. The maximum absolute atomic E-state index is 13.3. The van der Waals surface area contributed by atoms with E-state index in [1.165, 1.54) is 0 Å². The molecule has 0 radical (unpaired) electrons. The van der Waals surface area contributed by atoms with E-state index >= 15 is 0 Å². The van der Waals surface area contributed by atoms with Crippen LogP contribution in [0.4, 0.5) is 0 Å². The first-order chi connectivity index (χ1) is 16.1. The standard InChI is InChI=1S/C28H46O7/c1-15(16(2)14-29)10-24(33)27(5,34)23-7-9-28(35)18-11-20(30)19-12-21(31)22(32)13-25(19,3)17(18)6-8-26(23,28)4/h11,15-17,19,21-24,29,31-35H,6-10,12-14H2,1-5H3/t15-,16-,17+,19+,21-,22+,23+,24+,25-,26-,27+,28-/m1/s1. The molecule has 3 fully saturated rings. The first kappa shape index (κ1) is 27.2. The van der Waals surface area contributed by atoms with Crippen LogP contribution in [-0.4, -0.2) is 72.5 Å². The third-order valence-corrected chi connectivity index (χ3v) is 11.4. The topological polar surface area (TPSA) is 138 Å². The molecule has 4 rings (SSSR count). The quantitative estimate of drug-likeness (QED) is 0.332. The number of fused-ring (bicyclic) bond motifs is 5. The fourth-order valence-corrected chi connectivity index (χ4v) is 8.54. The summed E-state index contributed by atoms with van der Waals surface area (Å²) in [7, 11) is 0. The van der Waals surface area contributed by atoms with Gasteiger partial charge in [0.1, 0.15) is 0 Å². The van der Waals surface area contributed by atoms with Gasteiger partial charge in [0, 0.05) is 17.9 Å². The highest BCUT2D eigenvalue weighted by molar-refractivity contribution is 5.95. The molecule has 35 heavy (non-hydrogen) atoms. The number of hydrogen-bond acceptors (Lipinski definition) is 7. The van der Waals surface area contributed by atoms with Crippen LogP contribution in [0.3, 0.4) is 0 Å². The number of aliphatic hydroxyl groups is 6. The molecule has 0 bridgehead atoms. The number of rotatable bonds is 6. The average Bonchev–Trinajstić information content (AvgIpc) is 3.07. The van der Waals surface area contributed by atoms with Crippen LogP contribution < -0.4 is 0 Å². The van der Waals surface area contributed by atoms with Crippen molar-refractivity contribution >= 4 is 5.78 Å². The van der Waals surface area contributed by atoms with E-state index in [-0.39, 0.29) is 48.4 Å². The van der Waals surface area contributed by atoms with Crippen molar-refractivity contribution in [2.75, 3.05) is 6.61 Å². The highest BCUT2D eigenvalue weighted by Gasteiger charge is 2.69. The van der Waals surface area contributed by atoms with Crippen LogP contribution in [0.5, 0.6) is 0 Å². The lowest BCUT2D eigenvalue weighted by atomic mass is 9.45. The molecule has 0 heterocycles. The first-order valence-corrected chi connectivity index (χ1v) is 13.5. The molecule has 12 atom stereocenters. The number of allylic oxidation sites excluding steroid dienone is 1. The average molecular weight is 495 g/mol. The van der Waals surface area contributed by atoms with E-state index in [0.29, 0.717) is 44.1 Å². The third-order valence-electron chi connectivity index (χ3n) is 11.4. The number of carbonyl (C=O) groups excluding carboxylic acids is 1.